The average Bonchev–Trinajstić information content (AvgIpc) is 2.91. The molecule has 6 heteroatoms. The summed E-state index contributed by atoms with van der Waals surface area (Å²) in [5.41, 5.74) is 0.759. The Balaban J connectivity index is 2.13. The van der Waals surface area contributed by atoms with Crippen molar-refractivity contribution in [2.75, 3.05) is 32.2 Å². The number of alkyl halides is 1. The largest absolute Gasteiger partial charge is 0.493 e. The van der Waals surface area contributed by atoms with Gasteiger partial charge in [-0.2, -0.15) is 0 Å². The Morgan fingerprint density at radius 3 is 2.60 bits per heavy atom. The molecule has 20 heavy (non-hydrogen) atoms. The Hall–Kier alpha value is -2.11. The van der Waals surface area contributed by atoms with Gasteiger partial charge < -0.3 is 14.4 Å². The molecule has 2 aromatic rings. The summed E-state index contributed by atoms with van der Waals surface area (Å²) in [6.07, 6.45) is 1.24. The van der Waals surface area contributed by atoms with E-state index >= 15 is 0 Å². The van der Waals surface area contributed by atoms with Crippen LogP contribution in [-0.4, -0.2) is 43.4 Å². The van der Waals surface area contributed by atoms with Gasteiger partial charge in [-0.1, -0.05) is 0 Å². The third-order valence-corrected chi connectivity index (χ3v) is 3.55. The van der Waals surface area contributed by atoms with Crippen molar-refractivity contribution in [2.45, 2.75) is 12.6 Å². The van der Waals surface area contributed by atoms with E-state index in [0.29, 0.717) is 31.0 Å². The number of rotatable bonds is 3. The zero-order chi connectivity index (χ0) is 14.1. The Bertz CT molecular complexity index is 635. The minimum atomic E-state index is -0.792. The first-order valence-corrected chi connectivity index (χ1v) is 6.48. The summed E-state index contributed by atoms with van der Waals surface area (Å²) < 4.78 is 24.0. The maximum atomic E-state index is 13.4. The SMILES string of the molecule is COc1cc2ncnc(N3CCC(F)C3)c2cc1OC. The van der Waals surface area contributed by atoms with E-state index in [0.717, 1.165) is 16.7 Å². The van der Waals surface area contributed by atoms with Gasteiger partial charge in [0.05, 0.1) is 26.3 Å². The van der Waals surface area contributed by atoms with Crippen molar-refractivity contribution in [3.8, 4) is 11.5 Å². The lowest BCUT2D eigenvalue weighted by molar-refractivity contribution is 0.355. The summed E-state index contributed by atoms with van der Waals surface area (Å²) in [5.74, 6) is 1.98. The molecule has 1 fully saturated rings. The van der Waals surface area contributed by atoms with E-state index < -0.39 is 6.17 Å². The van der Waals surface area contributed by atoms with Crippen molar-refractivity contribution in [1.82, 2.24) is 9.97 Å². The monoisotopic (exact) mass is 277 g/mol. The standard InChI is InChI=1S/C14H16FN3O2/c1-19-12-5-10-11(6-13(12)20-2)16-8-17-14(10)18-4-3-9(15)7-18/h5-6,8-9H,3-4,7H2,1-2H3. The Labute approximate surface area is 116 Å². The van der Waals surface area contributed by atoms with Gasteiger partial charge in [0.1, 0.15) is 18.3 Å². The summed E-state index contributed by atoms with van der Waals surface area (Å²) in [6.45, 7) is 1.04. The third kappa shape index (κ3) is 2.11. The second-order valence-corrected chi connectivity index (χ2v) is 4.75. The molecule has 1 saturated heterocycles. The summed E-state index contributed by atoms with van der Waals surface area (Å²) in [6, 6.07) is 3.65. The number of fused-ring (bicyclic) bond motifs is 1. The van der Waals surface area contributed by atoms with E-state index in [1.807, 2.05) is 17.0 Å². The van der Waals surface area contributed by atoms with E-state index in [-0.39, 0.29) is 0 Å². The molecule has 106 valence electrons. The molecule has 0 radical (unpaired) electrons. The highest BCUT2D eigenvalue weighted by molar-refractivity contribution is 5.92. The van der Waals surface area contributed by atoms with Crippen LogP contribution in [0, 0.1) is 0 Å². The number of halogens is 1. The highest BCUT2D eigenvalue weighted by Crippen LogP contribution is 2.35. The van der Waals surface area contributed by atoms with Crippen LogP contribution >= 0.6 is 0 Å². The summed E-state index contributed by atoms with van der Waals surface area (Å²) >= 11 is 0. The van der Waals surface area contributed by atoms with Crippen LogP contribution in [0.3, 0.4) is 0 Å². The van der Waals surface area contributed by atoms with Crippen molar-refractivity contribution in [1.29, 1.82) is 0 Å². The molecule has 1 unspecified atom stereocenters. The first kappa shape index (κ1) is 12.9. The Morgan fingerprint density at radius 2 is 1.95 bits per heavy atom. The van der Waals surface area contributed by atoms with Gasteiger partial charge in [-0.25, -0.2) is 14.4 Å². The van der Waals surface area contributed by atoms with Gasteiger partial charge in [-0.15, -0.1) is 0 Å². The fourth-order valence-electron chi connectivity index (χ4n) is 2.53. The molecular formula is C14H16FN3O2. The normalized spacial score (nSPS) is 18.6. The van der Waals surface area contributed by atoms with Crippen LogP contribution in [0.25, 0.3) is 10.9 Å². The predicted octanol–water partition coefficient (Wildman–Crippen LogP) is 2.20. The fourth-order valence-corrected chi connectivity index (χ4v) is 2.53. The molecule has 0 N–H and O–H groups in total. The lowest BCUT2D eigenvalue weighted by Gasteiger charge is -2.18. The van der Waals surface area contributed by atoms with E-state index in [2.05, 4.69) is 9.97 Å². The van der Waals surface area contributed by atoms with Crippen LogP contribution in [0.4, 0.5) is 10.2 Å². The Kier molecular flexibility index (Phi) is 3.30. The number of hydrogen-bond donors (Lipinski definition) is 0. The smallest absolute Gasteiger partial charge is 0.162 e. The van der Waals surface area contributed by atoms with Crippen molar-refractivity contribution >= 4 is 16.7 Å². The van der Waals surface area contributed by atoms with Gasteiger partial charge in [0, 0.05) is 18.0 Å². The minimum Gasteiger partial charge on any atom is -0.493 e. The van der Waals surface area contributed by atoms with Gasteiger partial charge in [0.15, 0.2) is 11.5 Å². The number of ether oxygens (including phenoxy) is 2. The average molecular weight is 277 g/mol. The van der Waals surface area contributed by atoms with E-state index in [1.54, 1.807) is 14.2 Å². The quantitative estimate of drug-likeness (QED) is 0.860. The van der Waals surface area contributed by atoms with Crippen molar-refractivity contribution in [2.24, 2.45) is 0 Å². The number of anilines is 1. The molecular weight excluding hydrogens is 261 g/mol. The van der Waals surface area contributed by atoms with Gasteiger partial charge in [0.25, 0.3) is 0 Å². The van der Waals surface area contributed by atoms with Crippen LogP contribution in [-0.2, 0) is 0 Å². The van der Waals surface area contributed by atoms with Gasteiger partial charge in [-0.05, 0) is 12.5 Å². The number of methoxy groups -OCH3 is 2. The first-order chi connectivity index (χ1) is 9.72. The highest BCUT2D eigenvalue weighted by atomic mass is 19.1. The van der Waals surface area contributed by atoms with E-state index in [1.165, 1.54) is 6.33 Å². The molecule has 0 amide bonds. The fraction of sp³-hybridized carbons (Fsp3) is 0.429. The molecule has 0 aliphatic carbocycles. The molecule has 0 spiro atoms. The highest BCUT2D eigenvalue weighted by Gasteiger charge is 2.24. The number of hydrogen-bond acceptors (Lipinski definition) is 5. The Morgan fingerprint density at radius 1 is 1.20 bits per heavy atom. The van der Waals surface area contributed by atoms with Crippen LogP contribution in [0.15, 0.2) is 18.5 Å². The second-order valence-electron chi connectivity index (χ2n) is 4.75. The molecule has 1 aromatic carbocycles. The molecule has 1 atom stereocenters. The van der Waals surface area contributed by atoms with Gasteiger partial charge in [-0.3, -0.25) is 0 Å². The maximum Gasteiger partial charge on any atom is 0.162 e. The van der Waals surface area contributed by atoms with Crippen LogP contribution < -0.4 is 14.4 Å². The maximum absolute atomic E-state index is 13.4. The second kappa shape index (κ2) is 5.11. The van der Waals surface area contributed by atoms with Crippen molar-refractivity contribution in [3.63, 3.8) is 0 Å². The molecule has 5 nitrogen and oxygen atoms in total. The predicted molar refractivity (Wildman–Crippen MR) is 74.4 cm³/mol. The lowest BCUT2D eigenvalue weighted by Crippen LogP contribution is -2.21. The molecule has 1 aliphatic rings. The number of benzene rings is 1. The molecule has 3 rings (SSSR count). The van der Waals surface area contributed by atoms with Crippen LogP contribution in [0.2, 0.25) is 0 Å². The van der Waals surface area contributed by atoms with E-state index in [9.17, 15) is 4.39 Å². The molecule has 1 aliphatic heterocycles. The first-order valence-electron chi connectivity index (χ1n) is 6.48. The minimum absolute atomic E-state index is 0.375. The lowest BCUT2D eigenvalue weighted by atomic mass is 10.2. The summed E-state index contributed by atoms with van der Waals surface area (Å²) in [5, 5.41) is 0.847. The van der Waals surface area contributed by atoms with Crippen molar-refractivity contribution in [3.05, 3.63) is 18.5 Å². The summed E-state index contributed by atoms with van der Waals surface area (Å²) in [7, 11) is 3.17. The molecule has 0 saturated carbocycles. The molecule has 2 heterocycles. The number of nitrogens with zero attached hydrogens (tertiary/aromatic N) is 3. The molecule has 1 aromatic heterocycles. The van der Waals surface area contributed by atoms with Crippen LogP contribution in [0.1, 0.15) is 6.42 Å². The van der Waals surface area contributed by atoms with Crippen LogP contribution in [0.5, 0.6) is 11.5 Å². The molecule has 0 bridgehead atoms. The zero-order valence-corrected chi connectivity index (χ0v) is 11.5. The number of aromatic nitrogens is 2. The zero-order valence-electron chi connectivity index (χ0n) is 11.5. The summed E-state index contributed by atoms with van der Waals surface area (Å²) in [4.78, 5) is 10.5. The van der Waals surface area contributed by atoms with Crippen molar-refractivity contribution < 1.29 is 13.9 Å². The topological polar surface area (TPSA) is 47.5 Å². The van der Waals surface area contributed by atoms with E-state index in [4.69, 9.17) is 9.47 Å². The third-order valence-electron chi connectivity index (χ3n) is 3.55. The van der Waals surface area contributed by atoms with Gasteiger partial charge in [0.2, 0.25) is 0 Å². The van der Waals surface area contributed by atoms with Gasteiger partial charge >= 0.3 is 0 Å².